The zero-order chi connectivity index (χ0) is 14.8. The highest BCUT2D eigenvalue weighted by Crippen LogP contribution is 2.30. The molecule has 0 amide bonds. The van der Waals surface area contributed by atoms with E-state index < -0.39 is 0 Å². The van der Waals surface area contributed by atoms with Crippen LogP contribution in [0.25, 0.3) is 10.1 Å². The second kappa shape index (κ2) is 5.27. The number of rotatable bonds is 3. The van der Waals surface area contributed by atoms with Crippen molar-refractivity contribution in [1.82, 2.24) is 0 Å². The summed E-state index contributed by atoms with van der Waals surface area (Å²) in [6, 6.07) is 16.6. The SMILES string of the molecule is N#Cc1ccc(Oc2ccc3sc(C(=N)N)cc3c2)cc1. The Kier molecular flexibility index (Phi) is 3.30. The van der Waals surface area contributed by atoms with Crippen molar-refractivity contribution in [1.29, 1.82) is 10.7 Å². The van der Waals surface area contributed by atoms with Crippen LogP contribution in [0.1, 0.15) is 10.4 Å². The van der Waals surface area contributed by atoms with E-state index in [-0.39, 0.29) is 5.84 Å². The molecule has 0 aliphatic carbocycles. The maximum absolute atomic E-state index is 8.77. The first kappa shape index (κ1) is 13.2. The maximum atomic E-state index is 8.77. The fourth-order valence-electron chi connectivity index (χ4n) is 1.95. The summed E-state index contributed by atoms with van der Waals surface area (Å²) in [4.78, 5) is 0.750. The Balaban J connectivity index is 1.89. The number of hydrogen-bond acceptors (Lipinski definition) is 4. The summed E-state index contributed by atoms with van der Waals surface area (Å²) in [5.41, 5.74) is 6.10. The van der Waals surface area contributed by atoms with Gasteiger partial charge in [0.05, 0.1) is 16.5 Å². The second-order valence-electron chi connectivity index (χ2n) is 4.46. The van der Waals surface area contributed by atoms with Crippen molar-refractivity contribution in [3.63, 3.8) is 0 Å². The molecule has 0 spiro atoms. The summed E-state index contributed by atoms with van der Waals surface area (Å²) in [6.45, 7) is 0. The van der Waals surface area contributed by atoms with Gasteiger partial charge in [-0.15, -0.1) is 11.3 Å². The van der Waals surface area contributed by atoms with E-state index in [0.717, 1.165) is 15.0 Å². The lowest BCUT2D eigenvalue weighted by Gasteiger charge is -2.05. The number of hydrogen-bond donors (Lipinski definition) is 2. The fraction of sp³-hybridized carbons (Fsp3) is 0. The van der Waals surface area contributed by atoms with Crippen molar-refractivity contribution in [2.24, 2.45) is 5.73 Å². The molecule has 3 N–H and O–H groups in total. The van der Waals surface area contributed by atoms with E-state index >= 15 is 0 Å². The quantitative estimate of drug-likeness (QED) is 0.568. The van der Waals surface area contributed by atoms with Crippen LogP contribution in [0.3, 0.4) is 0 Å². The van der Waals surface area contributed by atoms with Crippen molar-refractivity contribution < 1.29 is 4.74 Å². The summed E-state index contributed by atoms with van der Waals surface area (Å²) < 4.78 is 6.83. The average molecular weight is 293 g/mol. The number of ether oxygens (including phenoxy) is 1. The first-order chi connectivity index (χ1) is 10.2. The molecule has 1 heterocycles. The van der Waals surface area contributed by atoms with Gasteiger partial charge in [0.15, 0.2) is 0 Å². The number of amidine groups is 1. The van der Waals surface area contributed by atoms with Gasteiger partial charge < -0.3 is 10.5 Å². The Labute approximate surface area is 125 Å². The highest BCUT2D eigenvalue weighted by atomic mass is 32.1. The number of thiophene rings is 1. The van der Waals surface area contributed by atoms with Crippen LogP contribution in [-0.4, -0.2) is 5.84 Å². The van der Waals surface area contributed by atoms with Gasteiger partial charge >= 0.3 is 0 Å². The van der Waals surface area contributed by atoms with Gasteiger partial charge in [0.25, 0.3) is 0 Å². The smallest absolute Gasteiger partial charge is 0.133 e. The Morgan fingerprint density at radius 3 is 2.48 bits per heavy atom. The summed E-state index contributed by atoms with van der Waals surface area (Å²) in [7, 11) is 0. The Morgan fingerprint density at radius 1 is 1.10 bits per heavy atom. The molecule has 0 saturated heterocycles. The zero-order valence-corrected chi connectivity index (χ0v) is 11.8. The summed E-state index contributed by atoms with van der Waals surface area (Å²) in [5, 5.41) is 17.2. The van der Waals surface area contributed by atoms with Crippen LogP contribution >= 0.6 is 11.3 Å². The number of nitrogens with one attached hydrogen (secondary N) is 1. The molecule has 3 rings (SSSR count). The molecule has 3 aromatic rings. The predicted octanol–water partition coefficient (Wildman–Crippen LogP) is 3.85. The molecule has 2 aromatic carbocycles. The standard InChI is InChI=1S/C16H11N3OS/c17-9-10-1-3-12(4-2-10)20-13-5-6-14-11(7-13)8-15(21-14)16(18)19/h1-8H,(H3,18,19). The molecular weight excluding hydrogens is 282 g/mol. The van der Waals surface area contributed by atoms with Crippen LogP contribution in [-0.2, 0) is 0 Å². The van der Waals surface area contributed by atoms with Gasteiger partial charge in [-0.2, -0.15) is 5.26 Å². The number of nitrogens with zero attached hydrogens (tertiary/aromatic N) is 1. The minimum atomic E-state index is 0.0748. The molecule has 21 heavy (non-hydrogen) atoms. The molecule has 0 atom stereocenters. The Bertz CT molecular complexity index is 859. The van der Waals surface area contributed by atoms with Gasteiger partial charge in [0, 0.05) is 4.70 Å². The van der Waals surface area contributed by atoms with E-state index in [0.29, 0.717) is 17.1 Å². The number of nitrogen functional groups attached to an aromatic ring is 1. The highest BCUT2D eigenvalue weighted by molar-refractivity contribution is 7.20. The topological polar surface area (TPSA) is 82.9 Å². The third-order valence-corrected chi connectivity index (χ3v) is 4.12. The van der Waals surface area contributed by atoms with E-state index in [2.05, 4.69) is 6.07 Å². The third kappa shape index (κ3) is 2.71. The molecule has 0 aliphatic rings. The van der Waals surface area contributed by atoms with Crippen molar-refractivity contribution in [3.05, 3.63) is 59.0 Å². The number of benzene rings is 2. The van der Waals surface area contributed by atoms with Gasteiger partial charge in [-0.05, 0) is 53.9 Å². The molecule has 0 bridgehead atoms. The minimum absolute atomic E-state index is 0.0748. The molecule has 0 radical (unpaired) electrons. The third-order valence-electron chi connectivity index (χ3n) is 2.97. The number of nitrogens with two attached hydrogens (primary N) is 1. The summed E-state index contributed by atoms with van der Waals surface area (Å²) in [6.07, 6.45) is 0. The highest BCUT2D eigenvalue weighted by Gasteiger charge is 2.06. The first-order valence-corrected chi connectivity index (χ1v) is 7.03. The van der Waals surface area contributed by atoms with Crippen LogP contribution in [0.5, 0.6) is 11.5 Å². The first-order valence-electron chi connectivity index (χ1n) is 6.22. The summed E-state index contributed by atoms with van der Waals surface area (Å²) in [5.74, 6) is 1.46. The lowest BCUT2D eigenvalue weighted by molar-refractivity contribution is 0.483. The lowest BCUT2D eigenvalue weighted by Crippen LogP contribution is -2.08. The number of nitriles is 1. The largest absolute Gasteiger partial charge is 0.457 e. The molecule has 0 aliphatic heterocycles. The Hall–Kier alpha value is -2.84. The van der Waals surface area contributed by atoms with Crippen LogP contribution in [0.4, 0.5) is 0 Å². The minimum Gasteiger partial charge on any atom is -0.457 e. The van der Waals surface area contributed by atoms with Crippen LogP contribution in [0.2, 0.25) is 0 Å². The molecular formula is C16H11N3OS. The van der Waals surface area contributed by atoms with Crippen molar-refractivity contribution >= 4 is 27.3 Å². The van der Waals surface area contributed by atoms with E-state index in [4.69, 9.17) is 21.1 Å². The van der Waals surface area contributed by atoms with Crippen molar-refractivity contribution in [3.8, 4) is 17.6 Å². The molecule has 4 nitrogen and oxygen atoms in total. The van der Waals surface area contributed by atoms with Gasteiger partial charge in [-0.1, -0.05) is 0 Å². The van der Waals surface area contributed by atoms with Gasteiger partial charge in [0.2, 0.25) is 0 Å². The molecule has 0 saturated carbocycles. The monoisotopic (exact) mass is 293 g/mol. The van der Waals surface area contributed by atoms with E-state index in [1.54, 1.807) is 24.3 Å². The van der Waals surface area contributed by atoms with Crippen LogP contribution < -0.4 is 10.5 Å². The van der Waals surface area contributed by atoms with Gasteiger partial charge in [-0.25, -0.2) is 0 Å². The predicted molar refractivity (Wildman–Crippen MR) is 84.1 cm³/mol. The van der Waals surface area contributed by atoms with E-state index in [1.165, 1.54) is 11.3 Å². The van der Waals surface area contributed by atoms with Gasteiger partial charge in [-0.3, -0.25) is 5.41 Å². The molecule has 5 heteroatoms. The van der Waals surface area contributed by atoms with Crippen molar-refractivity contribution in [2.45, 2.75) is 0 Å². The summed E-state index contributed by atoms with van der Waals surface area (Å²) >= 11 is 1.48. The van der Waals surface area contributed by atoms with Gasteiger partial charge in [0.1, 0.15) is 17.3 Å². The second-order valence-corrected chi connectivity index (χ2v) is 5.55. The molecule has 102 valence electrons. The zero-order valence-electron chi connectivity index (χ0n) is 11.0. The normalized spacial score (nSPS) is 10.2. The van der Waals surface area contributed by atoms with Crippen LogP contribution in [0, 0.1) is 16.7 Å². The van der Waals surface area contributed by atoms with E-state index in [1.807, 2.05) is 24.3 Å². The van der Waals surface area contributed by atoms with Crippen LogP contribution in [0.15, 0.2) is 48.5 Å². The van der Waals surface area contributed by atoms with Crippen molar-refractivity contribution in [2.75, 3.05) is 0 Å². The lowest BCUT2D eigenvalue weighted by atomic mass is 10.2. The molecule has 1 aromatic heterocycles. The molecule has 0 fully saturated rings. The average Bonchev–Trinajstić information content (AvgIpc) is 2.91. The van der Waals surface area contributed by atoms with E-state index in [9.17, 15) is 0 Å². The maximum Gasteiger partial charge on any atom is 0.133 e. The number of fused-ring (bicyclic) bond motifs is 1. The molecule has 0 unspecified atom stereocenters. The Morgan fingerprint density at radius 2 is 1.81 bits per heavy atom. The fourth-order valence-corrected chi connectivity index (χ4v) is 2.86.